The molecule has 20 heavy (non-hydrogen) atoms. The number of esters is 1. The van der Waals surface area contributed by atoms with Crippen molar-refractivity contribution in [2.75, 3.05) is 26.3 Å². The fourth-order valence-corrected chi connectivity index (χ4v) is 1.45. The normalized spacial score (nSPS) is 10.1. The summed E-state index contributed by atoms with van der Waals surface area (Å²) in [6, 6.07) is 5.89. The summed E-state index contributed by atoms with van der Waals surface area (Å²) in [6.07, 6.45) is 0.325. The number of nitro groups is 1. The summed E-state index contributed by atoms with van der Waals surface area (Å²) in [5.74, 6) is 0.346. The Morgan fingerprint density at radius 2 is 2.00 bits per heavy atom. The highest BCUT2D eigenvalue weighted by atomic mass is 16.6. The van der Waals surface area contributed by atoms with Crippen LogP contribution < -0.4 is 10.1 Å². The molecular formula is C13H18N2O5. The number of ether oxygens (including phenoxy) is 2. The van der Waals surface area contributed by atoms with Crippen molar-refractivity contribution in [2.24, 2.45) is 0 Å². The molecule has 0 aliphatic rings. The molecule has 1 rings (SSSR count). The number of nitrogens with one attached hydrogen (secondary N) is 1. The van der Waals surface area contributed by atoms with Gasteiger partial charge < -0.3 is 14.8 Å². The van der Waals surface area contributed by atoms with Crippen molar-refractivity contribution >= 4 is 11.7 Å². The van der Waals surface area contributed by atoms with Gasteiger partial charge in [0, 0.05) is 25.2 Å². The molecule has 1 aromatic carbocycles. The maximum atomic E-state index is 11.0. The summed E-state index contributed by atoms with van der Waals surface area (Å²) in [5.41, 5.74) is 0.0323. The first-order valence-electron chi connectivity index (χ1n) is 6.37. The van der Waals surface area contributed by atoms with Crippen LogP contribution in [0.5, 0.6) is 5.75 Å². The SMILES string of the molecule is CCOC(=O)CCNCCOc1ccc([N+](=O)[O-])cc1. The van der Waals surface area contributed by atoms with Gasteiger partial charge in [-0.2, -0.15) is 0 Å². The van der Waals surface area contributed by atoms with E-state index in [0.717, 1.165) is 0 Å². The topological polar surface area (TPSA) is 90.7 Å². The number of carbonyl (C=O) groups is 1. The number of non-ortho nitro benzene ring substituents is 1. The molecule has 0 fully saturated rings. The van der Waals surface area contributed by atoms with Crippen LogP contribution in [0.25, 0.3) is 0 Å². The highest BCUT2D eigenvalue weighted by Gasteiger charge is 2.04. The van der Waals surface area contributed by atoms with Crippen LogP contribution >= 0.6 is 0 Å². The molecule has 0 bridgehead atoms. The fourth-order valence-electron chi connectivity index (χ4n) is 1.45. The molecule has 1 aromatic rings. The van der Waals surface area contributed by atoms with Crippen molar-refractivity contribution in [3.63, 3.8) is 0 Å². The zero-order valence-corrected chi connectivity index (χ0v) is 11.3. The number of carbonyl (C=O) groups excluding carboxylic acids is 1. The van der Waals surface area contributed by atoms with E-state index in [1.807, 2.05) is 0 Å². The molecule has 7 heteroatoms. The molecular weight excluding hydrogens is 264 g/mol. The standard InChI is InChI=1S/C13H18N2O5/c1-2-19-13(16)7-8-14-9-10-20-12-5-3-11(4-6-12)15(17)18/h3-6,14H,2,7-10H2,1H3. The summed E-state index contributed by atoms with van der Waals surface area (Å²) >= 11 is 0. The Bertz CT molecular complexity index is 433. The molecule has 0 radical (unpaired) electrons. The molecule has 1 N–H and O–H groups in total. The smallest absolute Gasteiger partial charge is 0.307 e. The third-order valence-corrected chi connectivity index (χ3v) is 2.41. The van der Waals surface area contributed by atoms with E-state index in [4.69, 9.17) is 9.47 Å². The van der Waals surface area contributed by atoms with Gasteiger partial charge in [0.25, 0.3) is 5.69 Å². The van der Waals surface area contributed by atoms with E-state index in [-0.39, 0.29) is 11.7 Å². The molecule has 0 spiro atoms. The van der Waals surface area contributed by atoms with E-state index in [9.17, 15) is 14.9 Å². The summed E-state index contributed by atoms with van der Waals surface area (Å²) < 4.78 is 10.2. The highest BCUT2D eigenvalue weighted by Crippen LogP contribution is 2.16. The van der Waals surface area contributed by atoms with Crippen LogP contribution in [0, 0.1) is 10.1 Å². The van der Waals surface area contributed by atoms with Gasteiger partial charge >= 0.3 is 5.97 Å². The van der Waals surface area contributed by atoms with Gasteiger partial charge in [-0.15, -0.1) is 0 Å². The van der Waals surface area contributed by atoms with Crippen molar-refractivity contribution in [1.82, 2.24) is 5.32 Å². The van der Waals surface area contributed by atoms with Crippen LogP contribution in [-0.2, 0) is 9.53 Å². The molecule has 0 aromatic heterocycles. The fraction of sp³-hybridized carbons (Fsp3) is 0.462. The minimum absolute atomic E-state index is 0.0323. The van der Waals surface area contributed by atoms with Gasteiger partial charge in [-0.1, -0.05) is 0 Å². The molecule has 0 heterocycles. The van der Waals surface area contributed by atoms with Gasteiger partial charge in [-0.05, 0) is 19.1 Å². The lowest BCUT2D eigenvalue weighted by Gasteiger charge is -2.07. The molecule has 0 atom stereocenters. The average Bonchev–Trinajstić information content (AvgIpc) is 2.43. The third kappa shape index (κ3) is 6.14. The van der Waals surface area contributed by atoms with E-state index in [2.05, 4.69) is 5.32 Å². The Hall–Kier alpha value is -2.15. The van der Waals surface area contributed by atoms with Gasteiger partial charge in [0.1, 0.15) is 12.4 Å². The molecule has 0 saturated heterocycles. The number of hydrogen-bond donors (Lipinski definition) is 1. The Labute approximate surface area is 117 Å². The van der Waals surface area contributed by atoms with Crippen molar-refractivity contribution in [3.05, 3.63) is 34.4 Å². The van der Waals surface area contributed by atoms with Crippen LogP contribution in [-0.4, -0.2) is 37.2 Å². The van der Waals surface area contributed by atoms with Gasteiger partial charge in [0.05, 0.1) is 18.0 Å². The quantitative estimate of drug-likeness (QED) is 0.319. The van der Waals surface area contributed by atoms with Crippen molar-refractivity contribution in [2.45, 2.75) is 13.3 Å². The lowest BCUT2D eigenvalue weighted by atomic mass is 10.3. The van der Waals surface area contributed by atoms with Crippen LogP contribution in [0.15, 0.2) is 24.3 Å². The Kier molecular flexibility index (Phi) is 7.05. The summed E-state index contributed by atoms with van der Waals surface area (Å²) in [7, 11) is 0. The molecule has 7 nitrogen and oxygen atoms in total. The van der Waals surface area contributed by atoms with E-state index >= 15 is 0 Å². The largest absolute Gasteiger partial charge is 0.492 e. The Balaban J connectivity index is 2.12. The third-order valence-electron chi connectivity index (χ3n) is 2.41. The first kappa shape index (κ1) is 15.9. The van der Waals surface area contributed by atoms with Gasteiger partial charge in [0.2, 0.25) is 0 Å². The Morgan fingerprint density at radius 3 is 2.60 bits per heavy atom. The van der Waals surface area contributed by atoms with Gasteiger partial charge in [-0.25, -0.2) is 0 Å². The average molecular weight is 282 g/mol. The molecule has 110 valence electrons. The zero-order chi connectivity index (χ0) is 14.8. The van der Waals surface area contributed by atoms with Crippen molar-refractivity contribution in [3.8, 4) is 5.75 Å². The summed E-state index contributed by atoms with van der Waals surface area (Å²) in [5, 5.41) is 13.5. The minimum atomic E-state index is -0.458. The monoisotopic (exact) mass is 282 g/mol. The second-order valence-electron chi connectivity index (χ2n) is 3.90. The zero-order valence-electron chi connectivity index (χ0n) is 11.3. The van der Waals surface area contributed by atoms with Gasteiger partial charge in [0.15, 0.2) is 0 Å². The molecule has 0 aliphatic heterocycles. The number of nitro benzene ring substituents is 1. The Morgan fingerprint density at radius 1 is 1.30 bits per heavy atom. The van der Waals surface area contributed by atoms with Crippen LogP contribution in [0.1, 0.15) is 13.3 Å². The molecule has 0 unspecified atom stereocenters. The van der Waals surface area contributed by atoms with E-state index in [0.29, 0.717) is 38.5 Å². The van der Waals surface area contributed by atoms with Crippen LogP contribution in [0.4, 0.5) is 5.69 Å². The lowest BCUT2D eigenvalue weighted by molar-refractivity contribution is -0.384. The summed E-state index contributed by atoms with van der Waals surface area (Å²) in [4.78, 5) is 21.0. The first-order valence-corrected chi connectivity index (χ1v) is 6.37. The van der Waals surface area contributed by atoms with Crippen molar-refractivity contribution in [1.29, 1.82) is 0 Å². The number of hydrogen-bond acceptors (Lipinski definition) is 6. The summed E-state index contributed by atoms with van der Waals surface area (Å²) in [6.45, 7) is 3.69. The minimum Gasteiger partial charge on any atom is -0.492 e. The van der Waals surface area contributed by atoms with Gasteiger partial charge in [-0.3, -0.25) is 14.9 Å². The number of nitrogens with zero attached hydrogens (tertiary/aromatic N) is 1. The number of rotatable bonds is 9. The maximum Gasteiger partial charge on any atom is 0.307 e. The van der Waals surface area contributed by atoms with Crippen molar-refractivity contribution < 1.29 is 19.2 Å². The predicted molar refractivity (Wildman–Crippen MR) is 72.7 cm³/mol. The van der Waals surface area contributed by atoms with E-state index in [1.165, 1.54) is 12.1 Å². The van der Waals surface area contributed by atoms with E-state index in [1.54, 1.807) is 19.1 Å². The first-order chi connectivity index (χ1) is 9.63. The molecule has 0 aliphatic carbocycles. The maximum absolute atomic E-state index is 11.0. The highest BCUT2D eigenvalue weighted by molar-refractivity contribution is 5.69. The van der Waals surface area contributed by atoms with E-state index < -0.39 is 4.92 Å². The van der Waals surface area contributed by atoms with Crippen LogP contribution in [0.3, 0.4) is 0 Å². The number of benzene rings is 1. The second kappa shape index (κ2) is 8.87. The lowest BCUT2D eigenvalue weighted by Crippen LogP contribution is -2.24. The molecule has 0 saturated carbocycles. The second-order valence-corrected chi connectivity index (χ2v) is 3.90. The molecule has 0 amide bonds. The van der Waals surface area contributed by atoms with Crippen LogP contribution in [0.2, 0.25) is 0 Å². The predicted octanol–water partition coefficient (Wildman–Crippen LogP) is 1.52.